The summed E-state index contributed by atoms with van der Waals surface area (Å²) in [6, 6.07) is 2.66. The molecule has 178 valence electrons. The van der Waals surface area contributed by atoms with Crippen LogP contribution in [0.1, 0.15) is 36.0 Å². The molecule has 0 unspecified atom stereocenters. The molecule has 1 aromatic carbocycles. The van der Waals surface area contributed by atoms with Crippen molar-refractivity contribution in [2.75, 3.05) is 26.2 Å². The number of likely N-dealkylation sites (tertiary alicyclic amines) is 1. The van der Waals surface area contributed by atoms with E-state index >= 15 is 0 Å². The highest BCUT2D eigenvalue weighted by molar-refractivity contribution is 5.94. The lowest BCUT2D eigenvalue weighted by Gasteiger charge is -2.32. The summed E-state index contributed by atoms with van der Waals surface area (Å²) in [5, 5.41) is 4.71. The van der Waals surface area contributed by atoms with Gasteiger partial charge in [-0.2, -0.15) is 22.0 Å². The minimum absolute atomic E-state index is 0.0496. The third-order valence-corrected chi connectivity index (χ3v) is 5.66. The summed E-state index contributed by atoms with van der Waals surface area (Å²) in [5.41, 5.74) is -2.24. The van der Waals surface area contributed by atoms with Gasteiger partial charge in [0.1, 0.15) is 17.1 Å². The molecule has 1 aliphatic carbocycles. The molecule has 0 atom stereocenters. The molecule has 12 heteroatoms. The van der Waals surface area contributed by atoms with Crippen molar-refractivity contribution in [1.82, 2.24) is 15.5 Å². The summed E-state index contributed by atoms with van der Waals surface area (Å²) >= 11 is 0. The molecule has 2 N–H and O–H groups in total. The Labute approximate surface area is 180 Å². The molecule has 0 bridgehead atoms. The highest BCUT2D eigenvalue weighted by Crippen LogP contribution is 2.48. The van der Waals surface area contributed by atoms with Crippen LogP contribution >= 0.6 is 0 Å². The fourth-order valence-corrected chi connectivity index (χ4v) is 3.67. The van der Waals surface area contributed by atoms with Gasteiger partial charge in [-0.25, -0.2) is 4.39 Å². The first-order valence-electron chi connectivity index (χ1n) is 10.1. The van der Waals surface area contributed by atoms with E-state index in [1.54, 1.807) is 4.90 Å². The van der Waals surface area contributed by atoms with Crippen LogP contribution in [0.4, 0.5) is 26.3 Å². The summed E-state index contributed by atoms with van der Waals surface area (Å²) in [6.45, 7) is -2.09. The highest BCUT2D eigenvalue weighted by Gasteiger charge is 2.64. The number of amides is 2. The predicted molar refractivity (Wildman–Crippen MR) is 101 cm³/mol. The van der Waals surface area contributed by atoms with Gasteiger partial charge in [0.2, 0.25) is 5.91 Å². The number of benzene rings is 1. The molecule has 2 amide bonds. The smallest absolute Gasteiger partial charge is 0.411 e. The van der Waals surface area contributed by atoms with Crippen molar-refractivity contribution < 1.29 is 40.7 Å². The van der Waals surface area contributed by atoms with Crippen molar-refractivity contribution >= 4 is 11.8 Å². The van der Waals surface area contributed by atoms with Gasteiger partial charge >= 0.3 is 12.8 Å². The van der Waals surface area contributed by atoms with Crippen LogP contribution in [0.25, 0.3) is 0 Å². The Morgan fingerprint density at radius 3 is 2.38 bits per heavy atom. The van der Waals surface area contributed by atoms with Crippen LogP contribution in [0, 0.1) is 11.7 Å². The number of ether oxygens (including phenoxy) is 1. The van der Waals surface area contributed by atoms with Crippen LogP contribution in [0.15, 0.2) is 18.2 Å². The first-order chi connectivity index (χ1) is 15.0. The zero-order valence-electron chi connectivity index (χ0n) is 17.0. The summed E-state index contributed by atoms with van der Waals surface area (Å²) in [5.74, 6) is -2.62. The number of carbonyl (C=O) groups is 2. The van der Waals surface area contributed by atoms with Crippen LogP contribution in [0.3, 0.4) is 0 Å². The van der Waals surface area contributed by atoms with Gasteiger partial charge in [0.05, 0.1) is 6.54 Å². The number of rotatable bonds is 8. The van der Waals surface area contributed by atoms with Gasteiger partial charge in [-0.15, -0.1) is 0 Å². The van der Waals surface area contributed by atoms with E-state index < -0.39 is 41.7 Å². The minimum Gasteiger partial charge on any atom is -0.435 e. The average molecular weight is 467 g/mol. The number of hydrogen-bond donors (Lipinski definition) is 2. The van der Waals surface area contributed by atoms with Gasteiger partial charge in [-0.05, 0) is 56.8 Å². The molecule has 1 saturated carbocycles. The molecule has 1 heterocycles. The second kappa shape index (κ2) is 9.55. The van der Waals surface area contributed by atoms with Gasteiger partial charge < -0.3 is 15.4 Å². The lowest BCUT2D eigenvalue weighted by atomic mass is 9.96. The first-order valence-corrected chi connectivity index (χ1v) is 10.1. The third kappa shape index (κ3) is 6.27. The van der Waals surface area contributed by atoms with Crippen molar-refractivity contribution in [3.8, 4) is 5.75 Å². The van der Waals surface area contributed by atoms with Crippen molar-refractivity contribution in [3.05, 3.63) is 29.6 Å². The molecule has 0 aromatic heterocycles. The van der Waals surface area contributed by atoms with Crippen molar-refractivity contribution in [2.24, 2.45) is 5.92 Å². The summed E-state index contributed by atoms with van der Waals surface area (Å²) in [7, 11) is 0. The lowest BCUT2D eigenvalue weighted by Crippen LogP contribution is -2.51. The molecule has 0 radical (unpaired) electrons. The molecule has 2 aliphatic rings. The number of nitrogens with zero attached hydrogens (tertiary/aromatic N) is 1. The lowest BCUT2D eigenvalue weighted by molar-refractivity contribution is -0.170. The Morgan fingerprint density at radius 1 is 1.16 bits per heavy atom. The standard InChI is InChI=1S/C20H23F6N3O3/c21-14-7-13(8-15(9-14)32-18(22)23)17(31)27-10-12-1-5-29(6-2-12)11-16(30)28-19(3-4-19)20(24,25)26/h7-9,12,18H,1-6,10-11H2,(H,27,31)(H,28,30). The van der Waals surface area contributed by atoms with Crippen LogP contribution in [0.2, 0.25) is 0 Å². The summed E-state index contributed by atoms with van der Waals surface area (Å²) in [4.78, 5) is 26.0. The maximum Gasteiger partial charge on any atom is 0.411 e. The van der Waals surface area contributed by atoms with Crippen molar-refractivity contribution in [1.29, 1.82) is 0 Å². The van der Waals surface area contributed by atoms with Crippen LogP contribution in [-0.4, -0.2) is 61.2 Å². The monoisotopic (exact) mass is 467 g/mol. The first kappa shape index (κ1) is 24.1. The van der Waals surface area contributed by atoms with Crippen molar-refractivity contribution in [3.63, 3.8) is 0 Å². The molecule has 0 spiro atoms. The molecule has 3 rings (SSSR count). The van der Waals surface area contributed by atoms with E-state index in [9.17, 15) is 35.9 Å². The fraction of sp³-hybridized carbons (Fsp3) is 0.600. The number of alkyl halides is 5. The Bertz CT molecular complexity index is 836. The Kier molecular flexibility index (Phi) is 7.21. The maximum absolute atomic E-state index is 13.5. The molecular formula is C20H23F6N3O3. The number of halogens is 6. The van der Waals surface area contributed by atoms with Gasteiger partial charge in [0, 0.05) is 18.2 Å². The van der Waals surface area contributed by atoms with E-state index in [1.807, 2.05) is 0 Å². The molecule has 32 heavy (non-hydrogen) atoms. The Hall–Kier alpha value is -2.50. The SMILES string of the molecule is O=C(CN1CCC(CNC(=O)c2cc(F)cc(OC(F)F)c2)CC1)NC1(C(F)(F)F)CC1. The number of hydrogen-bond acceptors (Lipinski definition) is 4. The zero-order chi connectivity index (χ0) is 23.5. The zero-order valence-corrected chi connectivity index (χ0v) is 17.0. The van der Waals surface area contributed by atoms with E-state index in [4.69, 9.17) is 0 Å². The van der Waals surface area contributed by atoms with E-state index in [-0.39, 0.29) is 37.4 Å². The van der Waals surface area contributed by atoms with Crippen molar-refractivity contribution in [2.45, 2.75) is 44.0 Å². The molecule has 2 fully saturated rings. The molecule has 1 saturated heterocycles. The summed E-state index contributed by atoms with van der Waals surface area (Å²) in [6.07, 6.45) is -3.47. The molecular weight excluding hydrogens is 444 g/mol. The topological polar surface area (TPSA) is 70.7 Å². The Morgan fingerprint density at radius 2 is 1.81 bits per heavy atom. The van der Waals surface area contributed by atoms with Gasteiger partial charge in [0.15, 0.2) is 0 Å². The predicted octanol–water partition coefficient (Wildman–Crippen LogP) is 3.08. The normalized spacial score (nSPS) is 19.0. The van der Waals surface area contributed by atoms with Gasteiger partial charge in [-0.1, -0.05) is 0 Å². The molecule has 1 aliphatic heterocycles. The van der Waals surface area contributed by atoms with Gasteiger partial charge in [-0.3, -0.25) is 14.5 Å². The van der Waals surface area contributed by atoms with E-state index in [1.165, 1.54) is 0 Å². The number of piperidine rings is 1. The maximum atomic E-state index is 13.5. The quantitative estimate of drug-likeness (QED) is 0.577. The average Bonchev–Trinajstić information content (AvgIpc) is 3.47. The minimum atomic E-state index is -4.46. The van der Waals surface area contributed by atoms with E-state index in [0.29, 0.717) is 25.9 Å². The van der Waals surface area contributed by atoms with Gasteiger partial charge in [0.25, 0.3) is 5.91 Å². The van der Waals surface area contributed by atoms with Crippen LogP contribution in [-0.2, 0) is 4.79 Å². The molecule has 6 nitrogen and oxygen atoms in total. The fourth-order valence-electron chi connectivity index (χ4n) is 3.67. The van der Waals surface area contributed by atoms with E-state index in [2.05, 4.69) is 15.4 Å². The number of carbonyl (C=O) groups excluding carboxylic acids is 2. The largest absolute Gasteiger partial charge is 0.435 e. The second-order valence-electron chi connectivity index (χ2n) is 8.11. The second-order valence-corrected chi connectivity index (χ2v) is 8.11. The van der Waals surface area contributed by atoms with E-state index in [0.717, 1.165) is 18.2 Å². The third-order valence-electron chi connectivity index (χ3n) is 5.66. The highest BCUT2D eigenvalue weighted by atomic mass is 19.4. The molecule has 1 aromatic rings. The number of nitrogens with one attached hydrogen (secondary N) is 2. The van der Waals surface area contributed by atoms with Crippen LogP contribution < -0.4 is 15.4 Å². The summed E-state index contributed by atoms with van der Waals surface area (Å²) < 4.78 is 81.1. The Balaban J connectivity index is 1.41. The van der Waals surface area contributed by atoms with Crippen LogP contribution in [0.5, 0.6) is 5.75 Å².